The average Bonchev–Trinajstić information content (AvgIpc) is 3.36. The van der Waals surface area contributed by atoms with E-state index in [0.29, 0.717) is 19.3 Å². The average molecular weight is 988 g/mol. The minimum Gasteiger partial charge on any atom is -0.462 e. The first-order chi connectivity index (χ1) is 34.5. The third-order valence-corrected chi connectivity index (χ3v) is 14.5. The minimum absolute atomic E-state index is 0.0637. The van der Waals surface area contributed by atoms with E-state index in [9.17, 15) is 14.4 Å². The molecule has 0 aromatic carbocycles. The Labute approximate surface area is 437 Å². The molecule has 0 aromatic rings. The third-order valence-electron chi connectivity index (χ3n) is 14.5. The van der Waals surface area contributed by atoms with E-state index in [1.54, 1.807) is 0 Å². The molecule has 6 heteroatoms. The largest absolute Gasteiger partial charge is 0.462 e. The fraction of sp³-hybridized carbons (Fsp3) is 0.922. The lowest BCUT2D eigenvalue weighted by molar-refractivity contribution is -0.167. The van der Waals surface area contributed by atoms with Gasteiger partial charge in [-0.2, -0.15) is 0 Å². The van der Waals surface area contributed by atoms with Gasteiger partial charge < -0.3 is 14.2 Å². The van der Waals surface area contributed by atoms with Gasteiger partial charge in [0, 0.05) is 19.3 Å². The molecule has 0 heterocycles. The summed E-state index contributed by atoms with van der Waals surface area (Å²) in [5, 5.41) is 0. The van der Waals surface area contributed by atoms with Crippen LogP contribution in [0.5, 0.6) is 0 Å². The number of unbranched alkanes of at least 4 members (excludes halogenated alkanes) is 46. The van der Waals surface area contributed by atoms with Gasteiger partial charge in [0.2, 0.25) is 0 Å². The molecule has 0 fully saturated rings. The van der Waals surface area contributed by atoms with Crippen LogP contribution in [0.1, 0.15) is 361 Å². The van der Waals surface area contributed by atoms with E-state index in [0.717, 1.165) is 57.8 Å². The van der Waals surface area contributed by atoms with Gasteiger partial charge in [-0.3, -0.25) is 14.4 Å². The SMILES string of the molecule is CCCCCCCCCC/C=C\CCCCCCCCCCCCCCCCCCCCCCCC(=O)OCC(COC(=O)CCCCCCCC)OC(=O)CCCCCCCCCCCCCCC. The second kappa shape index (κ2) is 59.7. The lowest BCUT2D eigenvalue weighted by atomic mass is 10.0. The summed E-state index contributed by atoms with van der Waals surface area (Å²) in [6.07, 6.45) is 69.9. The highest BCUT2D eigenvalue weighted by molar-refractivity contribution is 5.71. The summed E-state index contributed by atoms with van der Waals surface area (Å²) >= 11 is 0. The maximum atomic E-state index is 12.8. The van der Waals surface area contributed by atoms with Gasteiger partial charge in [0.05, 0.1) is 0 Å². The molecule has 6 nitrogen and oxygen atoms in total. The van der Waals surface area contributed by atoms with Crippen LogP contribution in [-0.2, 0) is 28.6 Å². The van der Waals surface area contributed by atoms with Crippen LogP contribution in [0.15, 0.2) is 12.2 Å². The first-order valence-corrected chi connectivity index (χ1v) is 31.7. The van der Waals surface area contributed by atoms with Crippen molar-refractivity contribution in [3.63, 3.8) is 0 Å². The van der Waals surface area contributed by atoms with Crippen LogP contribution in [0.3, 0.4) is 0 Å². The van der Waals surface area contributed by atoms with Crippen LogP contribution in [0.25, 0.3) is 0 Å². The van der Waals surface area contributed by atoms with Crippen LogP contribution in [0.4, 0.5) is 0 Å². The number of esters is 3. The van der Waals surface area contributed by atoms with Gasteiger partial charge in [-0.15, -0.1) is 0 Å². The zero-order valence-electron chi connectivity index (χ0n) is 47.6. The topological polar surface area (TPSA) is 78.9 Å². The van der Waals surface area contributed by atoms with Crippen molar-refractivity contribution in [3.8, 4) is 0 Å². The molecule has 0 saturated heterocycles. The smallest absolute Gasteiger partial charge is 0.306 e. The molecule has 70 heavy (non-hydrogen) atoms. The minimum atomic E-state index is -0.760. The summed E-state index contributed by atoms with van der Waals surface area (Å²) < 4.78 is 16.8. The van der Waals surface area contributed by atoms with Gasteiger partial charge in [-0.1, -0.05) is 309 Å². The summed E-state index contributed by atoms with van der Waals surface area (Å²) in [5.41, 5.74) is 0. The van der Waals surface area contributed by atoms with Gasteiger partial charge >= 0.3 is 17.9 Å². The summed E-state index contributed by atoms with van der Waals surface area (Å²) in [5.74, 6) is -0.851. The Hall–Kier alpha value is -1.85. The third kappa shape index (κ3) is 57.1. The molecule has 414 valence electrons. The first-order valence-electron chi connectivity index (χ1n) is 31.7. The molecular weight excluding hydrogens is 865 g/mol. The first kappa shape index (κ1) is 68.2. The Kier molecular flexibility index (Phi) is 58.1. The highest BCUT2D eigenvalue weighted by Crippen LogP contribution is 2.18. The molecule has 0 aromatic heterocycles. The Morgan fingerprint density at radius 1 is 0.271 bits per heavy atom. The fourth-order valence-corrected chi connectivity index (χ4v) is 9.74. The van der Waals surface area contributed by atoms with E-state index < -0.39 is 6.10 Å². The van der Waals surface area contributed by atoms with E-state index in [1.165, 1.54) is 263 Å². The molecule has 1 unspecified atom stereocenters. The molecule has 0 saturated carbocycles. The Morgan fingerprint density at radius 2 is 0.471 bits per heavy atom. The van der Waals surface area contributed by atoms with Gasteiger partial charge in [0.1, 0.15) is 13.2 Å². The summed E-state index contributed by atoms with van der Waals surface area (Å²) in [7, 11) is 0. The van der Waals surface area contributed by atoms with E-state index >= 15 is 0 Å². The van der Waals surface area contributed by atoms with Crippen molar-refractivity contribution in [2.45, 2.75) is 367 Å². The van der Waals surface area contributed by atoms with Crippen LogP contribution < -0.4 is 0 Å². The van der Waals surface area contributed by atoms with Crippen molar-refractivity contribution in [2.24, 2.45) is 0 Å². The number of hydrogen-bond donors (Lipinski definition) is 0. The van der Waals surface area contributed by atoms with Crippen molar-refractivity contribution in [1.82, 2.24) is 0 Å². The van der Waals surface area contributed by atoms with Crippen LogP contribution in [-0.4, -0.2) is 37.2 Å². The van der Waals surface area contributed by atoms with Gasteiger partial charge in [0.15, 0.2) is 6.10 Å². The van der Waals surface area contributed by atoms with Crippen LogP contribution in [0, 0.1) is 0 Å². The molecule has 0 N–H and O–H groups in total. The molecule has 0 rings (SSSR count). The maximum absolute atomic E-state index is 12.8. The molecule has 0 aliphatic carbocycles. The number of carbonyl (C=O) groups excluding carboxylic acids is 3. The standard InChI is InChI=1S/C64H122O6/c1-4-7-10-13-16-18-20-22-23-24-25-26-27-28-29-30-31-32-33-34-35-36-37-38-39-40-41-43-44-46-48-51-54-57-63(66)69-60-61(59-68-62(65)56-53-50-15-12-9-6-3)70-64(67)58-55-52-49-47-45-42-21-19-17-14-11-8-5-2/h24-25,61H,4-23,26-60H2,1-3H3/b25-24-. The highest BCUT2D eigenvalue weighted by atomic mass is 16.6. The van der Waals surface area contributed by atoms with Crippen molar-refractivity contribution >= 4 is 17.9 Å². The van der Waals surface area contributed by atoms with Crippen molar-refractivity contribution in [3.05, 3.63) is 12.2 Å². The Bertz CT molecular complexity index is 1090. The molecule has 0 radical (unpaired) electrons. The zero-order valence-corrected chi connectivity index (χ0v) is 47.6. The monoisotopic (exact) mass is 987 g/mol. The predicted molar refractivity (Wildman–Crippen MR) is 303 cm³/mol. The van der Waals surface area contributed by atoms with Gasteiger partial charge in [0.25, 0.3) is 0 Å². The maximum Gasteiger partial charge on any atom is 0.306 e. The van der Waals surface area contributed by atoms with E-state index in [4.69, 9.17) is 14.2 Å². The highest BCUT2D eigenvalue weighted by Gasteiger charge is 2.19. The summed E-state index contributed by atoms with van der Waals surface area (Å²) in [6, 6.07) is 0. The molecule has 0 bridgehead atoms. The molecular formula is C64H122O6. The van der Waals surface area contributed by atoms with Crippen molar-refractivity contribution in [2.75, 3.05) is 13.2 Å². The Morgan fingerprint density at radius 3 is 0.714 bits per heavy atom. The molecule has 1 atom stereocenters. The number of carbonyl (C=O) groups is 3. The number of ether oxygens (including phenoxy) is 3. The zero-order chi connectivity index (χ0) is 50.7. The molecule has 0 amide bonds. The Balaban J connectivity index is 3.86. The van der Waals surface area contributed by atoms with Crippen LogP contribution in [0.2, 0.25) is 0 Å². The number of hydrogen-bond acceptors (Lipinski definition) is 6. The number of rotatable bonds is 59. The molecule has 0 aliphatic heterocycles. The molecule has 0 spiro atoms. The normalized spacial score (nSPS) is 12.0. The van der Waals surface area contributed by atoms with E-state index in [1.807, 2.05) is 0 Å². The lowest BCUT2D eigenvalue weighted by Crippen LogP contribution is -2.30. The second-order valence-electron chi connectivity index (χ2n) is 21.7. The van der Waals surface area contributed by atoms with Crippen molar-refractivity contribution < 1.29 is 28.6 Å². The predicted octanol–water partition coefficient (Wildman–Crippen LogP) is 21.3. The summed E-state index contributed by atoms with van der Waals surface area (Å²) in [4.78, 5) is 37.8. The van der Waals surface area contributed by atoms with Crippen molar-refractivity contribution in [1.29, 1.82) is 0 Å². The van der Waals surface area contributed by atoms with Crippen LogP contribution >= 0.6 is 0 Å². The quantitative estimate of drug-likeness (QED) is 0.0261. The second-order valence-corrected chi connectivity index (χ2v) is 21.7. The van der Waals surface area contributed by atoms with Gasteiger partial charge in [-0.05, 0) is 44.9 Å². The lowest BCUT2D eigenvalue weighted by Gasteiger charge is -2.18. The van der Waals surface area contributed by atoms with E-state index in [-0.39, 0.29) is 31.1 Å². The van der Waals surface area contributed by atoms with E-state index in [2.05, 4.69) is 32.9 Å². The summed E-state index contributed by atoms with van der Waals surface area (Å²) in [6.45, 7) is 6.63. The fourth-order valence-electron chi connectivity index (χ4n) is 9.74. The number of allylic oxidation sites excluding steroid dienone is 2. The van der Waals surface area contributed by atoms with Gasteiger partial charge in [-0.25, -0.2) is 0 Å². The molecule has 0 aliphatic rings.